The van der Waals surface area contributed by atoms with Gasteiger partial charge in [0.05, 0.1) is 13.2 Å². The van der Waals surface area contributed by atoms with Crippen molar-refractivity contribution in [2.24, 2.45) is 17.5 Å². The van der Waals surface area contributed by atoms with E-state index in [4.69, 9.17) is 11.6 Å². The van der Waals surface area contributed by atoms with Crippen LogP contribution in [0.1, 0.15) is 46.5 Å². The highest BCUT2D eigenvalue weighted by molar-refractivity contribution is 5.95. The van der Waals surface area contributed by atoms with Gasteiger partial charge in [-0.1, -0.05) is 26.0 Å². The maximum atomic E-state index is 13.1. The minimum atomic E-state index is -1.31. The number of carbonyl (C=O) groups is 4. The van der Waals surface area contributed by atoms with Gasteiger partial charge in [-0.15, -0.1) is 0 Å². The van der Waals surface area contributed by atoms with Gasteiger partial charge in [0, 0.05) is 6.54 Å². The van der Waals surface area contributed by atoms with Crippen molar-refractivity contribution >= 4 is 23.7 Å². The third kappa shape index (κ3) is 8.67. The molecule has 5 unspecified atom stereocenters. The number of rotatable bonds is 13. The van der Waals surface area contributed by atoms with Crippen LogP contribution < -0.4 is 27.6 Å². The molecule has 1 heterocycles. The van der Waals surface area contributed by atoms with Crippen LogP contribution in [0.25, 0.3) is 0 Å². The summed E-state index contributed by atoms with van der Waals surface area (Å²) in [5, 5.41) is 14.9. The summed E-state index contributed by atoms with van der Waals surface area (Å²) in [7, 11) is 1.14. The van der Waals surface area contributed by atoms with Crippen LogP contribution in [0.15, 0.2) is 12.2 Å². The first-order valence-electron chi connectivity index (χ1n) is 11.6. The van der Waals surface area contributed by atoms with Gasteiger partial charge in [0.2, 0.25) is 17.7 Å². The van der Waals surface area contributed by atoms with Crippen LogP contribution in [0.2, 0.25) is 0 Å². The van der Waals surface area contributed by atoms with Crippen LogP contribution in [0, 0.1) is 5.92 Å². The molecule has 8 N–H and O–H groups in total. The summed E-state index contributed by atoms with van der Waals surface area (Å²) in [5.41, 5.74) is 8.04. The molecule has 0 aromatic carbocycles. The number of nitrogens with one attached hydrogen (secondary N) is 3. The number of methoxy groups -OCH3 is 1. The molecule has 0 saturated carbocycles. The van der Waals surface area contributed by atoms with E-state index in [1.807, 2.05) is 13.8 Å². The van der Waals surface area contributed by atoms with E-state index in [1.54, 1.807) is 6.08 Å². The van der Waals surface area contributed by atoms with Gasteiger partial charge >= 0.3 is 5.97 Å². The summed E-state index contributed by atoms with van der Waals surface area (Å²) in [6, 6.07) is -3.84. The third-order valence-corrected chi connectivity index (χ3v) is 5.52. The quantitative estimate of drug-likeness (QED) is 0.0764. The van der Waals surface area contributed by atoms with Gasteiger partial charge < -0.3 is 31.1 Å². The molecule has 3 amide bonds. The maximum absolute atomic E-state index is 13.1. The van der Waals surface area contributed by atoms with Crippen LogP contribution in [-0.2, 0) is 23.9 Å². The highest BCUT2D eigenvalue weighted by atomic mass is 16.5. The van der Waals surface area contributed by atoms with Crippen LogP contribution >= 0.6 is 0 Å². The van der Waals surface area contributed by atoms with Gasteiger partial charge in [0.25, 0.3) is 0 Å². The van der Waals surface area contributed by atoms with Crippen molar-refractivity contribution in [1.29, 1.82) is 0 Å². The van der Waals surface area contributed by atoms with Gasteiger partial charge in [-0.3, -0.25) is 20.2 Å². The Labute approximate surface area is 200 Å². The zero-order valence-corrected chi connectivity index (χ0v) is 20.5. The smallest absolute Gasteiger partial charge is 0.331 e. The molecule has 1 aliphatic rings. The molecule has 1 saturated heterocycles. The second-order valence-corrected chi connectivity index (χ2v) is 8.78. The van der Waals surface area contributed by atoms with Gasteiger partial charge in [-0.05, 0) is 45.1 Å². The van der Waals surface area contributed by atoms with Crippen molar-refractivity contribution in [3.63, 3.8) is 0 Å². The number of aliphatic hydroxyl groups excluding tert-OH is 1. The predicted octanol–water partition coefficient (Wildman–Crippen LogP) is -1.72. The van der Waals surface area contributed by atoms with E-state index < -0.39 is 48.1 Å². The third-order valence-electron chi connectivity index (χ3n) is 5.52. The highest BCUT2D eigenvalue weighted by Crippen LogP contribution is 2.20. The molecule has 0 aromatic rings. The van der Waals surface area contributed by atoms with Crippen molar-refractivity contribution in [2.45, 2.75) is 76.7 Å². The van der Waals surface area contributed by atoms with Crippen LogP contribution in [0.4, 0.5) is 0 Å². The van der Waals surface area contributed by atoms with Crippen LogP contribution in [0.3, 0.4) is 0 Å². The first kappa shape index (κ1) is 29.5. The fourth-order valence-corrected chi connectivity index (χ4v) is 3.74. The van der Waals surface area contributed by atoms with E-state index in [-0.39, 0.29) is 11.8 Å². The van der Waals surface area contributed by atoms with Gasteiger partial charge in [-0.2, -0.15) is 0 Å². The molecule has 12 nitrogen and oxygen atoms in total. The lowest BCUT2D eigenvalue weighted by atomic mass is 10.0. The summed E-state index contributed by atoms with van der Waals surface area (Å²) < 4.78 is 4.62. The summed E-state index contributed by atoms with van der Waals surface area (Å²) in [4.78, 5) is 52.4. The van der Waals surface area contributed by atoms with Gasteiger partial charge in [0.1, 0.15) is 18.1 Å². The number of likely N-dealkylation sites (tertiary alicyclic amines) is 1. The van der Waals surface area contributed by atoms with Crippen molar-refractivity contribution < 1.29 is 29.0 Å². The van der Waals surface area contributed by atoms with E-state index in [0.29, 0.717) is 38.8 Å². The molecule has 194 valence electrons. The predicted molar refractivity (Wildman–Crippen MR) is 126 cm³/mol. The molecule has 5 atom stereocenters. The van der Waals surface area contributed by atoms with E-state index in [2.05, 4.69) is 20.8 Å². The van der Waals surface area contributed by atoms with E-state index in [1.165, 1.54) is 17.9 Å². The monoisotopic (exact) mass is 484 g/mol. The Hall–Kier alpha value is -2.54. The average Bonchev–Trinajstić information content (AvgIpc) is 3.29. The molecule has 0 aliphatic carbocycles. The van der Waals surface area contributed by atoms with E-state index in [9.17, 15) is 24.3 Å². The Kier molecular flexibility index (Phi) is 12.7. The average molecular weight is 485 g/mol. The Bertz CT molecular complexity index is 729. The molecular formula is C22H40N6O6. The Morgan fingerprint density at radius 3 is 2.41 bits per heavy atom. The lowest BCUT2D eigenvalue weighted by Crippen LogP contribution is -2.58. The van der Waals surface area contributed by atoms with Crippen molar-refractivity contribution in [2.75, 3.05) is 20.2 Å². The fourth-order valence-electron chi connectivity index (χ4n) is 3.74. The van der Waals surface area contributed by atoms with E-state index >= 15 is 0 Å². The number of nitrogens with two attached hydrogens (primary N) is 2. The number of carbonyl (C=O) groups excluding carboxylic acids is 4. The fraction of sp³-hybridized carbons (Fsp3) is 0.727. The molecule has 12 heteroatoms. The zero-order chi connectivity index (χ0) is 25.8. The number of hydrogen-bond acceptors (Lipinski definition) is 9. The number of hydrazine groups is 1. The summed E-state index contributed by atoms with van der Waals surface area (Å²) in [6.07, 6.45) is 3.93. The maximum Gasteiger partial charge on any atom is 0.331 e. The SMILES string of the molecule is COC(=O)C(NC(=O)C(C=CCCN)NC(=O)C1CCCN1C(=O)C(CC(C)C)NN)C(C)O. The summed E-state index contributed by atoms with van der Waals surface area (Å²) in [6.45, 7) is 6.01. The molecule has 0 bridgehead atoms. The number of amides is 3. The number of hydrogen-bond donors (Lipinski definition) is 6. The lowest BCUT2D eigenvalue weighted by Gasteiger charge is -2.29. The van der Waals surface area contributed by atoms with Crippen molar-refractivity contribution in [3.05, 3.63) is 12.2 Å². The standard InChI is InChI=1S/C22H40N6O6/c1-13(2)12-16(27-24)21(32)28-11-7-9-17(28)20(31)25-15(8-5-6-10-23)19(30)26-18(14(3)29)22(33)34-4/h5,8,13-18,27,29H,6-7,9-12,23-24H2,1-4H3,(H,25,31)(H,26,30). The second kappa shape index (κ2) is 14.7. The molecule has 0 spiro atoms. The van der Waals surface area contributed by atoms with Crippen LogP contribution in [-0.4, -0.2) is 84.2 Å². The summed E-state index contributed by atoms with van der Waals surface area (Å²) in [5.74, 6) is 3.49. The molecule has 1 fully saturated rings. The largest absolute Gasteiger partial charge is 0.467 e. The topological polar surface area (TPSA) is 189 Å². The van der Waals surface area contributed by atoms with Gasteiger partial charge in [-0.25, -0.2) is 10.2 Å². The number of nitrogens with zero attached hydrogens (tertiary/aromatic N) is 1. The molecule has 34 heavy (non-hydrogen) atoms. The first-order valence-corrected chi connectivity index (χ1v) is 11.6. The first-order chi connectivity index (χ1) is 16.1. The summed E-state index contributed by atoms with van der Waals surface area (Å²) >= 11 is 0. The van der Waals surface area contributed by atoms with Crippen LogP contribution in [0.5, 0.6) is 0 Å². The normalized spacial score (nSPS) is 19.5. The molecule has 1 rings (SSSR count). The Morgan fingerprint density at radius 2 is 1.88 bits per heavy atom. The number of ether oxygens (including phenoxy) is 1. The molecular weight excluding hydrogens is 444 g/mol. The van der Waals surface area contributed by atoms with Crippen molar-refractivity contribution in [3.8, 4) is 0 Å². The number of aliphatic hydroxyl groups is 1. The van der Waals surface area contributed by atoms with Crippen molar-refractivity contribution in [1.82, 2.24) is 21.0 Å². The number of esters is 1. The second-order valence-electron chi connectivity index (χ2n) is 8.78. The van der Waals surface area contributed by atoms with E-state index in [0.717, 1.165) is 7.11 Å². The zero-order valence-electron chi connectivity index (χ0n) is 20.5. The minimum Gasteiger partial charge on any atom is -0.467 e. The Morgan fingerprint density at radius 1 is 1.21 bits per heavy atom. The molecule has 0 aromatic heterocycles. The molecule has 0 radical (unpaired) electrons. The Balaban J connectivity index is 3.01. The minimum absolute atomic E-state index is 0.220. The van der Waals surface area contributed by atoms with Gasteiger partial charge in [0.15, 0.2) is 6.04 Å². The lowest BCUT2D eigenvalue weighted by molar-refractivity contribution is -0.148. The molecule has 1 aliphatic heterocycles. The highest BCUT2D eigenvalue weighted by Gasteiger charge is 2.38.